The number of hydrogen-bond donors (Lipinski definition) is 4. The number of nitrogens with one attached hydrogen (secondary N) is 2. The van der Waals surface area contributed by atoms with Crippen LogP contribution in [0, 0.1) is 0 Å². The zero-order chi connectivity index (χ0) is 51.7. The summed E-state index contributed by atoms with van der Waals surface area (Å²) in [6.45, 7) is 5.49. The highest BCUT2D eigenvalue weighted by Crippen LogP contribution is 2.44. The molecule has 2 aliphatic rings. The lowest BCUT2D eigenvalue weighted by Crippen LogP contribution is -2.60. The summed E-state index contributed by atoms with van der Waals surface area (Å²) in [7, 11) is 0. The molecule has 0 radical (unpaired) electrons. The first-order valence-corrected chi connectivity index (χ1v) is 25.6. The van der Waals surface area contributed by atoms with Gasteiger partial charge in [-0.15, -0.1) is 0 Å². The quantitative estimate of drug-likeness (QED) is 0.0383. The third-order valence-corrected chi connectivity index (χ3v) is 13.2. The van der Waals surface area contributed by atoms with Crippen LogP contribution in [0.25, 0.3) is 11.1 Å². The molecule has 2 aliphatic carbocycles. The third-order valence-electron chi connectivity index (χ3n) is 13.2. The van der Waals surface area contributed by atoms with Gasteiger partial charge in [0.2, 0.25) is 12.1 Å². The molecule has 5 aromatic carbocycles. The van der Waals surface area contributed by atoms with E-state index in [0.29, 0.717) is 49.8 Å². The number of nitrogens with two attached hydrogens (primary N) is 1. The van der Waals surface area contributed by atoms with Gasteiger partial charge in [0.25, 0.3) is 0 Å². The van der Waals surface area contributed by atoms with Crippen LogP contribution in [0.2, 0.25) is 0 Å². The van der Waals surface area contributed by atoms with E-state index in [1.165, 1.54) is 11.3 Å². The van der Waals surface area contributed by atoms with Crippen LogP contribution in [-0.2, 0) is 25.7 Å². The van der Waals surface area contributed by atoms with Crippen LogP contribution in [0.3, 0.4) is 0 Å². The van der Waals surface area contributed by atoms with Crippen LogP contribution in [0.5, 0.6) is 5.75 Å². The van der Waals surface area contributed by atoms with Gasteiger partial charge in [0.15, 0.2) is 0 Å². The van der Waals surface area contributed by atoms with Crippen LogP contribution in [0.1, 0.15) is 113 Å². The number of aliphatic carboxylic acids is 1. The van der Waals surface area contributed by atoms with Crippen LogP contribution in [-0.4, -0.2) is 96.1 Å². The number of hydrogen-bond acceptors (Lipinski definition) is 9. The maximum absolute atomic E-state index is 15.2. The second kappa shape index (κ2) is 25.8. The fraction of sp³-hybridized carbons (Fsp3) is 0.397. The highest BCUT2D eigenvalue weighted by atomic mass is 16.6. The number of nitrogens with zero attached hydrogens (tertiary/aromatic N) is 3. The van der Waals surface area contributed by atoms with Crippen molar-refractivity contribution < 1.29 is 43.3 Å². The minimum Gasteiger partial charge on any atom is -0.489 e. The van der Waals surface area contributed by atoms with Gasteiger partial charge in [-0.3, -0.25) is 14.6 Å². The molecule has 15 nitrogen and oxygen atoms in total. The lowest BCUT2D eigenvalue weighted by molar-refractivity contribution is -0.144. The molecule has 0 aliphatic heterocycles. The SMILES string of the molecule is CC(C)(C)OC(=O)NCCCCN(C(=O)OCC1c2ccccc2-c2ccccc21)C(C(=O)O)N(C(=O)CN(CCCCN)C(=O)Nc1ccc(OCc2ccccc2)cc1)c1ccc(C2CCCCC2)cc1. The average molecular weight is 995 g/mol. The standard InChI is InChI=1S/C58H70N6O9/c1-58(2,3)73-56(69)60-35-15-17-37-63(57(70)72-40-51-49-24-12-10-22-47(49)48-23-11-13-25-50(48)51)53(54(66)67)64(45-30-26-43(27-31-45)42-20-8-5-9-21-42)52(65)38-62(36-16-14-34-59)55(68)61-44-28-32-46(33-29-44)71-39-41-18-6-4-7-19-41/h4,6-7,10-13,18-19,22-33,42,51,53H,5,8-9,14-17,20-21,34-40,59H2,1-3H3,(H,60,69)(H,61,68)(H,66,67). The Kier molecular flexibility index (Phi) is 18.9. The summed E-state index contributed by atoms with van der Waals surface area (Å²) >= 11 is 0. The van der Waals surface area contributed by atoms with E-state index >= 15 is 4.79 Å². The highest BCUT2D eigenvalue weighted by molar-refractivity contribution is 6.03. The molecular weight excluding hydrogens is 925 g/mol. The number of carbonyl (C=O) groups is 5. The van der Waals surface area contributed by atoms with Crippen molar-refractivity contribution in [3.05, 3.63) is 150 Å². The van der Waals surface area contributed by atoms with Gasteiger partial charge >= 0.3 is 24.2 Å². The first-order chi connectivity index (χ1) is 35.3. The van der Waals surface area contributed by atoms with Crippen molar-refractivity contribution in [2.45, 2.75) is 109 Å². The zero-order valence-corrected chi connectivity index (χ0v) is 42.3. The molecule has 0 saturated heterocycles. The van der Waals surface area contributed by atoms with Gasteiger partial charge in [-0.25, -0.2) is 19.2 Å². The molecule has 1 fully saturated rings. The molecule has 0 bridgehead atoms. The zero-order valence-electron chi connectivity index (χ0n) is 42.3. The van der Waals surface area contributed by atoms with Crippen molar-refractivity contribution in [2.24, 2.45) is 5.73 Å². The van der Waals surface area contributed by atoms with E-state index in [9.17, 15) is 24.3 Å². The highest BCUT2D eigenvalue weighted by Gasteiger charge is 2.41. The van der Waals surface area contributed by atoms with E-state index in [1.54, 1.807) is 57.2 Å². The van der Waals surface area contributed by atoms with Gasteiger partial charge in [0.1, 0.15) is 31.1 Å². The number of benzene rings is 5. The Bertz CT molecular complexity index is 2570. The Morgan fingerprint density at radius 1 is 0.740 bits per heavy atom. The largest absolute Gasteiger partial charge is 0.489 e. The second-order valence-corrected chi connectivity index (χ2v) is 19.7. The van der Waals surface area contributed by atoms with Crippen LogP contribution in [0.4, 0.5) is 25.8 Å². The number of carboxylic acid groups (broad SMARTS) is 1. The van der Waals surface area contributed by atoms with Crippen molar-refractivity contribution >= 4 is 41.5 Å². The summed E-state index contributed by atoms with van der Waals surface area (Å²) < 4.78 is 17.5. The van der Waals surface area contributed by atoms with E-state index in [2.05, 4.69) is 10.6 Å². The van der Waals surface area contributed by atoms with Crippen LogP contribution in [0.15, 0.2) is 127 Å². The van der Waals surface area contributed by atoms with E-state index in [1.807, 2.05) is 91.0 Å². The van der Waals surface area contributed by atoms with Gasteiger partial charge in [0.05, 0.1) is 0 Å². The van der Waals surface area contributed by atoms with Crippen molar-refractivity contribution in [1.29, 1.82) is 0 Å². The number of alkyl carbamates (subject to hydrolysis) is 1. The van der Waals surface area contributed by atoms with Gasteiger partial charge in [-0.2, -0.15) is 0 Å². The average Bonchev–Trinajstić information content (AvgIpc) is 3.71. The van der Waals surface area contributed by atoms with Crippen LogP contribution >= 0.6 is 0 Å². The van der Waals surface area contributed by atoms with Crippen molar-refractivity contribution in [2.75, 3.05) is 49.5 Å². The van der Waals surface area contributed by atoms with E-state index < -0.39 is 48.4 Å². The Labute approximate surface area is 429 Å². The number of urea groups is 1. The Morgan fingerprint density at radius 3 is 2.00 bits per heavy atom. The number of anilines is 2. The number of rotatable bonds is 22. The fourth-order valence-electron chi connectivity index (χ4n) is 9.57. The predicted octanol–water partition coefficient (Wildman–Crippen LogP) is 10.9. The van der Waals surface area contributed by atoms with Crippen LogP contribution < -0.4 is 26.0 Å². The number of amides is 5. The summed E-state index contributed by atoms with van der Waals surface area (Å²) in [5, 5.41) is 17.0. The first kappa shape index (κ1) is 53.4. The molecule has 1 atom stereocenters. The molecule has 15 heteroatoms. The molecule has 0 aromatic heterocycles. The second-order valence-electron chi connectivity index (χ2n) is 19.7. The molecule has 1 unspecified atom stereocenters. The number of carbonyl (C=O) groups excluding carboxylic acids is 4. The lowest BCUT2D eigenvalue weighted by Gasteiger charge is -2.38. The maximum atomic E-state index is 15.2. The monoisotopic (exact) mass is 995 g/mol. The molecule has 5 amide bonds. The van der Waals surface area contributed by atoms with Gasteiger partial charge in [0, 0.05) is 36.9 Å². The summed E-state index contributed by atoms with van der Waals surface area (Å²) in [6.07, 6.45) is 3.53. The summed E-state index contributed by atoms with van der Waals surface area (Å²) in [5.41, 5.74) is 11.9. The summed E-state index contributed by atoms with van der Waals surface area (Å²) in [5.74, 6) is -1.64. The van der Waals surface area contributed by atoms with Crippen molar-refractivity contribution in [3.63, 3.8) is 0 Å². The molecular formula is C58H70N6O9. The number of ether oxygens (including phenoxy) is 3. The Hall–Kier alpha value is -7.39. The van der Waals surface area contributed by atoms with E-state index in [-0.39, 0.29) is 44.3 Å². The molecule has 5 aromatic rings. The minimum absolute atomic E-state index is 0.102. The summed E-state index contributed by atoms with van der Waals surface area (Å²) in [4.78, 5) is 74.2. The molecule has 0 spiro atoms. The van der Waals surface area contributed by atoms with Crippen molar-refractivity contribution in [1.82, 2.24) is 15.1 Å². The molecule has 5 N–H and O–H groups in total. The predicted molar refractivity (Wildman–Crippen MR) is 283 cm³/mol. The van der Waals surface area contributed by atoms with Crippen molar-refractivity contribution in [3.8, 4) is 16.9 Å². The molecule has 7 rings (SSSR count). The van der Waals surface area contributed by atoms with E-state index in [0.717, 1.165) is 68.9 Å². The third kappa shape index (κ3) is 14.8. The first-order valence-electron chi connectivity index (χ1n) is 25.6. The minimum atomic E-state index is -1.92. The molecule has 1 saturated carbocycles. The maximum Gasteiger partial charge on any atom is 0.411 e. The van der Waals surface area contributed by atoms with Gasteiger partial charge < -0.3 is 40.6 Å². The number of fused-ring (bicyclic) bond motifs is 3. The molecule has 386 valence electrons. The Balaban J connectivity index is 1.18. The smallest absolute Gasteiger partial charge is 0.411 e. The molecule has 0 heterocycles. The number of unbranched alkanes of at least 4 members (excludes halogenated alkanes) is 2. The van der Waals surface area contributed by atoms with Gasteiger partial charge in [-0.1, -0.05) is 110 Å². The topological polar surface area (TPSA) is 193 Å². The Morgan fingerprint density at radius 2 is 1.37 bits per heavy atom. The summed E-state index contributed by atoms with van der Waals surface area (Å²) in [6, 6.07) is 39.1. The van der Waals surface area contributed by atoms with E-state index in [4.69, 9.17) is 19.9 Å². The molecule has 73 heavy (non-hydrogen) atoms. The fourth-order valence-corrected chi connectivity index (χ4v) is 9.57. The normalized spacial score (nSPS) is 13.7. The lowest BCUT2D eigenvalue weighted by atomic mass is 9.84. The number of carboxylic acids is 1. The van der Waals surface area contributed by atoms with Gasteiger partial charge in [-0.05, 0) is 142 Å².